The minimum absolute atomic E-state index is 0. The molecule has 1 aliphatic rings. The molecule has 2 heterocycles. The van der Waals surface area contributed by atoms with Crippen LogP contribution in [0.15, 0.2) is 11.2 Å². The van der Waals surface area contributed by atoms with E-state index in [4.69, 9.17) is 0 Å². The molecule has 1 N–H and O–H groups in total. The molecule has 2 rings (SSSR count). The van der Waals surface area contributed by atoms with E-state index in [9.17, 15) is 8.42 Å². The lowest BCUT2D eigenvalue weighted by Crippen LogP contribution is -2.40. The molecule has 6 nitrogen and oxygen atoms in total. The van der Waals surface area contributed by atoms with E-state index < -0.39 is 10.0 Å². The molecule has 1 aliphatic heterocycles. The number of aromatic nitrogens is 2. The highest BCUT2D eigenvalue weighted by molar-refractivity contribution is 7.89. The molecule has 0 saturated carbocycles. The minimum Gasteiger partial charge on any atom is -0.337 e. The highest BCUT2D eigenvalue weighted by Crippen LogP contribution is 2.22. The Labute approximate surface area is 133 Å². The van der Waals surface area contributed by atoms with Crippen molar-refractivity contribution in [2.45, 2.75) is 31.7 Å². The zero-order chi connectivity index (χ0) is 14.8. The molecule has 1 aromatic heterocycles. The third kappa shape index (κ3) is 4.18. The van der Waals surface area contributed by atoms with Crippen molar-refractivity contribution in [3.8, 4) is 0 Å². The molecule has 1 saturated heterocycles. The Hall–Kier alpha value is -0.630. The average Bonchev–Trinajstić information content (AvgIpc) is 2.77. The number of nitrogens with zero attached hydrogens (tertiary/aromatic N) is 3. The van der Waals surface area contributed by atoms with Gasteiger partial charge in [0.1, 0.15) is 5.82 Å². The summed E-state index contributed by atoms with van der Waals surface area (Å²) in [5.74, 6) is 1.29. The summed E-state index contributed by atoms with van der Waals surface area (Å²) in [6.45, 7) is 7.02. The largest absolute Gasteiger partial charge is 0.337 e. The molecule has 0 amide bonds. The molecule has 1 aromatic rings. The van der Waals surface area contributed by atoms with Gasteiger partial charge in [-0.25, -0.2) is 13.4 Å². The third-order valence-corrected chi connectivity index (χ3v) is 5.72. The number of hydrogen-bond acceptors (Lipinski definition) is 4. The summed E-state index contributed by atoms with van der Waals surface area (Å²) in [5, 5.41) is 3.50. The van der Waals surface area contributed by atoms with Crippen molar-refractivity contribution >= 4 is 22.4 Å². The van der Waals surface area contributed by atoms with Crippen LogP contribution in [-0.2, 0) is 17.1 Å². The van der Waals surface area contributed by atoms with Gasteiger partial charge in [0.15, 0.2) is 5.03 Å². The Kier molecular flexibility index (Phi) is 6.65. The predicted octanol–water partition coefficient (Wildman–Crippen LogP) is 1.16. The van der Waals surface area contributed by atoms with E-state index >= 15 is 0 Å². The van der Waals surface area contributed by atoms with Crippen molar-refractivity contribution in [2.24, 2.45) is 13.0 Å². The van der Waals surface area contributed by atoms with Gasteiger partial charge in [-0.3, -0.25) is 0 Å². The second-order valence-electron chi connectivity index (χ2n) is 5.39. The van der Waals surface area contributed by atoms with Gasteiger partial charge in [-0.05, 0) is 38.8 Å². The molecule has 0 spiro atoms. The zero-order valence-corrected chi connectivity index (χ0v) is 14.5. The molecule has 21 heavy (non-hydrogen) atoms. The van der Waals surface area contributed by atoms with E-state index in [0.717, 1.165) is 25.9 Å². The van der Waals surface area contributed by atoms with Gasteiger partial charge in [0.25, 0.3) is 10.0 Å². The number of hydrogen-bond donors (Lipinski definition) is 1. The first-order chi connectivity index (χ1) is 9.45. The minimum atomic E-state index is -3.43. The van der Waals surface area contributed by atoms with Gasteiger partial charge in [-0.15, -0.1) is 12.4 Å². The number of imidazole rings is 1. The number of rotatable bonds is 5. The summed E-state index contributed by atoms with van der Waals surface area (Å²) in [6, 6.07) is 0. The van der Waals surface area contributed by atoms with E-state index in [-0.39, 0.29) is 17.4 Å². The maximum absolute atomic E-state index is 12.5. The average molecular weight is 337 g/mol. The lowest BCUT2D eigenvalue weighted by molar-refractivity contribution is 0.268. The highest BCUT2D eigenvalue weighted by Gasteiger charge is 2.31. The van der Waals surface area contributed by atoms with Gasteiger partial charge in [0.05, 0.1) is 0 Å². The van der Waals surface area contributed by atoms with E-state index in [0.29, 0.717) is 24.8 Å². The van der Waals surface area contributed by atoms with E-state index in [2.05, 4.69) is 17.2 Å². The molecule has 0 radical (unpaired) electrons. The quantitative estimate of drug-likeness (QED) is 0.876. The van der Waals surface area contributed by atoms with E-state index in [1.807, 2.05) is 14.0 Å². The smallest absolute Gasteiger partial charge is 0.262 e. The van der Waals surface area contributed by atoms with Gasteiger partial charge in [0.2, 0.25) is 0 Å². The van der Waals surface area contributed by atoms with E-state index in [1.54, 1.807) is 15.1 Å². The third-order valence-electron chi connectivity index (χ3n) is 3.95. The molecule has 1 fully saturated rings. The van der Waals surface area contributed by atoms with Crippen LogP contribution in [0.3, 0.4) is 0 Å². The van der Waals surface area contributed by atoms with Crippen molar-refractivity contribution in [1.82, 2.24) is 19.2 Å². The second kappa shape index (κ2) is 7.58. The molecule has 0 unspecified atom stereocenters. The predicted molar refractivity (Wildman–Crippen MR) is 85.2 cm³/mol. The molecular formula is C13H25ClN4O2S. The summed E-state index contributed by atoms with van der Waals surface area (Å²) >= 11 is 0. The van der Waals surface area contributed by atoms with Crippen LogP contribution in [0.25, 0.3) is 0 Å². The van der Waals surface area contributed by atoms with Crippen molar-refractivity contribution < 1.29 is 8.42 Å². The summed E-state index contributed by atoms with van der Waals surface area (Å²) in [4.78, 5) is 4.15. The first-order valence-electron chi connectivity index (χ1n) is 7.16. The number of sulfonamides is 1. The highest BCUT2D eigenvalue weighted by atomic mass is 35.5. The number of piperidine rings is 1. The first kappa shape index (κ1) is 18.4. The zero-order valence-electron chi connectivity index (χ0n) is 12.9. The Morgan fingerprint density at radius 2 is 2.00 bits per heavy atom. The molecule has 8 heteroatoms. The normalized spacial score (nSPS) is 17.7. The molecule has 0 bridgehead atoms. The van der Waals surface area contributed by atoms with Crippen LogP contribution >= 0.6 is 12.4 Å². The molecule has 0 aromatic carbocycles. The Bertz CT molecular complexity index is 531. The molecule has 122 valence electrons. The van der Waals surface area contributed by atoms with Crippen LogP contribution < -0.4 is 5.32 Å². The Morgan fingerprint density at radius 3 is 2.48 bits per heavy atom. The van der Waals surface area contributed by atoms with Gasteiger partial charge < -0.3 is 9.88 Å². The lowest BCUT2D eigenvalue weighted by Gasteiger charge is -2.30. The van der Waals surface area contributed by atoms with Crippen LogP contribution in [0.4, 0.5) is 0 Å². The van der Waals surface area contributed by atoms with Crippen molar-refractivity contribution in [2.75, 3.05) is 26.2 Å². The van der Waals surface area contributed by atoms with Crippen molar-refractivity contribution in [1.29, 1.82) is 0 Å². The Balaban J connectivity index is 0.00000220. The Morgan fingerprint density at radius 1 is 1.38 bits per heavy atom. The molecule has 0 atom stereocenters. The SMILES string of the molecule is CCNCC1CCN(S(=O)(=O)c2cn(C)c(C)n2)CC1.Cl. The number of aryl methyl sites for hydroxylation is 2. The molecular weight excluding hydrogens is 312 g/mol. The van der Waals surface area contributed by atoms with Crippen molar-refractivity contribution in [3.05, 3.63) is 12.0 Å². The number of halogens is 1. The standard InChI is InChI=1S/C13H24N4O2S.ClH/c1-4-14-9-12-5-7-17(8-6-12)20(18,19)13-10-16(3)11(2)15-13;/h10,12,14H,4-9H2,1-3H3;1H. The fourth-order valence-electron chi connectivity index (χ4n) is 2.49. The maximum Gasteiger partial charge on any atom is 0.262 e. The monoisotopic (exact) mass is 336 g/mol. The first-order valence-corrected chi connectivity index (χ1v) is 8.60. The maximum atomic E-state index is 12.5. The lowest BCUT2D eigenvalue weighted by atomic mass is 9.98. The van der Waals surface area contributed by atoms with Gasteiger partial charge in [-0.2, -0.15) is 4.31 Å². The van der Waals surface area contributed by atoms with Crippen molar-refractivity contribution in [3.63, 3.8) is 0 Å². The fourth-order valence-corrected chi connectivity index (χ4v) is 3.98. The summed E-state index contributed by atoms with van der Waals surface area (Å²) < 4.78 is 28.3. The second-order valence-corrected chi connectivity index (χ2v) is 7.28. The summed E-state index contributed by atoms with van der Waals surface area (Å²) in [5.41, 5.74) is 0. The van der Waals surface area contributed by atoms with Gasteiger partial charge >= 0.3 is 0 Å². The van der Waals surface area contributed by atoms with E-state index in [1.165, 1.54) is 0 Å². The van der Waals surface area contributed by atoms with Crippen LogP contribution in [0.2, 0.25) is 0 Å². The molecule has 0 aliphatic carbocycles. The summed E-state index contributed by atoms with van der Waals surface area (Å²) in [7, 11) is -1.62. The van der Waals surface area contributed by atoms with Crippen LogP contribution in [0, 0.1) is 12.8 Å². The van der Waals surface area contributed by atoms with Gasteiger partial charge in [-0.1, -0.05) is 6.92 Å². The summed E-state index contributed by atoms with van der Waals surface area (Å²) in [6.07, 6.45) is 3.42. The fraction of sp³-hybridized carbons (Fsp3) is 0.769. The van der Waals surface area contributed by atoms with Crippen LogP contribution in [0.5, 0.6) is 0 Å². The number of nitrogens with one attached hydrogen (secondary N) is 1. The van der Waals surface area contributed by atoms with Crippen LogP contribution in [0.1, 0.15) is 25.6 Å². The topological polar surface area (TPSA) is 67.2 Å². The van der Waals surface area contributed by atoms with Crippen LogP contribution in [-0.4, -0.2) is 48.5 Å². The van der Waals surface area contributed by atoms with Gasteiger partial charge in [0, 0.05) is 26.3 Å².